The summed E-state index contributed by atoms with van der Waals surface area (Å²) in [5, 5.41) is 4.10. The van der Waals surface area contributed by atoms with Crippen molar-refractivity contribution in [1.82, 2.24) is 0 Å². The van der Waals surface area contributed by atoms with Crippen molar-refractivity contribution in [2.75, 3.05) is 11.1 Å². The molecule has 0 aliphatic heterocycles. The SMILES string of the molecule is Nc1cc(C(F)(F)F)ccc1NC(=O)c1csc(Br)c1. The van der Waals surface area contributed by atoms with Crippen molar-refractivity contribution in [3.05, 3.63) is 44.6 Å². The van der Waals surface area contributed by atoms with Crippen LogP contribution in [0.2, 0.25) is 0 Å². The molecule has 3 N–H and O–H groups in total. The number of carbonyl (C=O) groups is 1. The molecule has 2 aromatic rings. The lowest BCUT2D eigenvalue weighted by Crippen LogP contribution is -2.13. The number of nitrogen functional groups attached to an aromatic ring is 1. The van der Waals surface area contributed by atoms with Crippen molar-refractivity contribution >= 4 is 44.5 Å². The van der Waals surface area contributed by atoms with Crippen LogP contribution in [0.25, 0.3) is 0 Å². The fraction of sp³-hybridized carbons (Fsp3) is 0.0833. The van der Waals surface area contributed by atoms with E-state index in [1.54, 1.807) is 11.4 Å². The number of anilines is 2. The third-order valence-corrected chi connectivity index (χ3v) is 3.96. The molecule has 1 amide bonds. The Morgan fingerprint density at radius 3 is 2.50 bits per heavy atom. The van der Waals surface area contributed by atoms with E-state index in [-0.39, 0.29) is 11.4 Å². The number of rotatable bonds is 2. The molecule has 2 rings (SSSR count). The smallest absolute Gasteiger partial charge is 0.397 e. The number of carbonyl (C=O) groups excluding carboxylic acids is 1. The summed E-state index contributed by atoms with van der Waals surface area (Å²) in [6.07, 6.45) is -4.46. The van der Waals surface area contributed by atoms with Crippen molar-refractivity contribution in [1.29, 1.82) is 0 Å². The lowest BCUT2D eigenvalue weighted by Gasteiger charge is -2.11. The van der Waals surface area contributed by atoms with Gasteiger partial charge in [-0.1, -0.05) is 0 Å². The summed E-state index contributed by atoms with van der Waals surface area (Å²) in [6.45, 7) is 0. The lowest BCUT2D eigenvalue weighted by molar-refractivity contribution is -0.137. The largest absolute Gasteiger partial charge is 0.416 e. The predicted octanol–water partition coefficient (Wildman–Crippen LogP) is 4.36. The first-order chi connectivity index (χ1) is 9.27. The normalized spacial score (nSPS) is 11.4. The zero-order chi connectivity index (χ0) is 14.9. The van der Waals surface area contributed by atoms with Gasteiger partial charge in [0, 0.05) is 5.38 Å². The van der Waals surface area contributed by atoms with Crippen LogP contribution in [-0.4, -0.2) is 5.91 Å². The van der Waals surface area contributed by atoms with Gasteiger partial charge in [-0.2, -0.15) is 13.2 Å². The minimum absolute atomic E-state index is 0.137. The molecule has 0 spiro atoms. The molecule has 106 valence electrons. The van der Waals surface area contributed by atoms with E-state index in [0.29, 0.717) is 5.56 Å². The molecular weight excluding hydrogens is 357 g/mol. The number of hydrogen-bond donors (Lipinski definition) is 2. The van der Waals surface area contributed by atoms with Crippen LogP contribution in [0, 0.1) is 0 Å². The van der Waals surface area contributed by atoms with E-state index in [4.69, 9.17) is 5.73 Å². The molecule has 0 saturated heterocycles. The van der Waals surface area contributed by atoms with Crippen LogP contribution in [-0.2, 0) is 6.18 Å². The van der Waals surface area contributed by atoms with E-state index in [9.17, 15) is 18.0 Å². The number of hydrogen-bond acceptors (Lipinski definition) is 3. The van der Waals surface area contributed by atoms with Gasteiger partial charge in [0.25, 0.3) is 5.91 Å². The number of amides is 1. The number of halogens is 4. The molecule has 0 fully saturated rings. The molecule has 0 saturated carbocycles. The quantitative estimate of drug-likeness (QED) is 0.777. The van der Waals surface area contributed by atoms with E-state index in [1.807, 2.05) is 0 Å². The Balaban J connectivity index is 2.20. The van der Waals surface area contributed by atoms with Crippen molar-refractivity contribution in [3.8, 4) is 0 Å². The van der Waals surface area contributed by atoms with E-state index >= 15 is 0 Å². The Morgan fingerprint density at radius 1 is 1.30 bits per heavy atom. The predicted molar refractivity (Wildman–Crippen MR) is 75.8 cm³/mol. The van der Waals surface area contributed by atoms with E-state index in [2.05, 4.69) is 21.2 Å². The summed E-state index contributed by atoms with van der Waals surface area (Å²) in [4.78, 5) is 11.9. The number of benzene rings is 1. The molecule has 0 unspecified atom stereocenters. The van der Waals surface area contributed by atoms with Crippen LogP contribution in [0.15, 0.2) is 33.4 Å². The highest BCUT2D eigenvalue weighted by atomic mass is 79.9. The highest BCUT2D eigenvalue weighted by Gasteiger charge is 2.30. The topological polar surface area (TPSA) is 55.1 Å². The third-order valence-electron chi connectivity index (χ3n) is 2.46. The maximum absolute atomic E-state index is 12.5. The Bertz CT molecular complexity index is 654. The van der Waals surface area contributed by atoms with E-state index in [0.717, 1.165) is 22.0 Å². The second kappa shape index (κ2) is 5.45. The number of alkyl halides is 3. The summed E-state index contributed by atoms with van der Waals surface area (Å²) in [5.41, 5.74) is 5.08. The highest BCUT2D eigenvalue weighted by molar-refractivity contribution is 9.11. The molecule has 3 nitrogen and oxygen atoms in total. The van der Waals surface area contributed by atoms with Crippen LogP contribution in [0.5, 0.6) is 0 Å². The van der Waals surface area contributed by atoms with Crippen LogP contribution in [0.3, 0.4) is 0 Å². The zero-order valence-electron chi connectivity index (χ0n) is 9.79. The standard InChI is InChI=1S/C12H8BrF3N2OS/c13-10-3-6(5-20-10)11(19)18-9-2-1-7(4-8(9)17)12(14,15)16/h1-5H,17H2,(H,18,19). The number of nitrogens with two attached hydrogens (primary N) is 1. The fourth-order valence-corrected chi connectivity index (χ4v) is 2.61. The molecule has 1 aromatic heterocycles. The molecule has 8 heteroatoms. The van der Waals surface area contributed by atoms with Gasteiger partial charge in [0.05, 0.1) is 26.3 Å². The molecule has 1 heterocycles. The average molecular weight is 365 g/mol. The summed E-state index contributed by atoms with van der Waals surface area (Å²) in [6, 6.07) is 4.41. The molecule has 0 aliphatic rings. The second-order valence-corrected chi connectivity index (χ2v) is 6.18. The summed E-state index contributed by atoms with van der Waals surface area (Å²) in [7, 11) is 0. The number of thiophene rings is 1. The fourth-order valence-electron chi connectivity index (χ4n) is 1.48. The Labute approximate surface area is 124 Å². The molecule has 0 aliphatic carbocycles. The van der Waals surface area contributed by atoms with Gasteiger partial charge >= 0.3 is 6.18 Å². The molecular formula is C12H8BrF3N2OS. The Hall–Kier alpha value is -1.54. The van der Waals surface area contributed by atoms with Crippen LogP contribution < -0.4 is 11.1 Å². The van der Waals surface area contributed by atoms with Crippen molar-refractivity contribution < 1.29 is 18.0 Å². The lowest BCUT2D eigenvalue weighted by atomic mass is 10.1. The first kappa shape index (κ1) is 14.9. The van der Waals surface area contributed by atoms with E-state index < -0.39 is 17.6 Å². The Morgan fingerprint density at radius 2 is 2.00 bits per heavy atom. The van der Waals surface area contributed by atoms with Gasteiger partial charge in [-0.15, -0.1) is 11.3 Å². The minimum Gasteiger partial charge on any atom is -0.397 e. The maximum Gasteiger partial charge on any atom is 0.416 e. The van der Waals surface area contributed by atoms with Gasteiger partial charge in [0.2, 0.25) is 0 Å². The summed E-state index contributed by atoms with van der Waals surface area (Å²) >= 11 is 4.55. The molecule has 0 atom stereocenters. The van der Waals surface area contributed by atoms with Crippen LogP contribution >= 0.6 is 27.3 Å². The average Bonchev–Trinajstić information content (AvgIpc) is 2.77. The van der Waals surface area contributed by atoms with Crippen molar-refractivity contribution in [2.45, 2.75) is 6.18 Å². The Kier molecular flexibility index (Phi) is 4.05. The maximum atomic E-state index is 12.5. The monoisotopic (exact) mass is 364 g/mol. The second-order valence-electron chi connectivity index (χ2n) is 3.89. The zero-order valence-corrected chi connectivity index (χ0v) is 12.2. The molecule has 20 heavy (non-hydrogen) atoms. The van der Waals surface area contributed by atoms with Crippen LogP contribution in [0.1, 0.15) is 15.9 Å². The molecule has 1 aromatic carbocycles. The number of nitrogens with one attached hydrogen (secondary N) is 1. The van der Waals surface area contributed by atoms with Gasteiger partial charge in [-0.3, -0.25) is 4.79 Å². The minimum atomic E-state index is -4.46. The van der Waals surface area contributed by atoms with Gasteiger partial charge in [0.15, 0.2) is 0 Å². The van der Waals surface area contributed by atoms with Crippen LogP contribution in [0.4, 0.5) is 24.5 Å². The molecule has 0 bridgehead atoms. The summed E-state index contributed by atoms with van der Waals surface area (Å²) < 4.78 is 38.2. The highest BCUT2D eigenvalue weighted by Crippen LogP contribution is 2.33. The van der Waals surface area contributed by atoms with E-state index in [1.165, 1.54) is 11.3 Å². The summed E-state index contributed by atoms with van der Waals surface area (Å²) in [5.74, 6) is -0.432. The van der Waals surface area contributed by atoms with Gasteiger partial charge in [0.1, 0.15) is 0 Å². The first-order valence-corrected chi connectivity index (χ1v) is 6.97. The van der Waals surface area contributed by atoms with Crippen molar-refractivity contribution in [3.63, 3.8) is 0 Å². The third kappa shape index (κ3) is 3.31. The van der Waals surface area contributed by atoms with Gasteiger partial charge in [-0.05, 0) is 40.2 Å². The molecule has 0 radical (unpaired) electrons. The van der Waals surface area contributed by atoms with Gasteiger partial charge in [-0.25, -0.2) is 0 Å². The first-order valence-electron chi connectivity index (χ1n) is 5.29. The van der Waals surface area contributed by atoms with Crippen molar-refractivity contribution in [2.24, 2.45) is 0 Å². The van der Waals surface area contributed by atoms with Gasteiger partial charge < -0.3 is 11.1 Å².